The molecule has 0 unspecified atom stereocenters. The Kier molecular flexibility index (Phi) is 6.95. The van der Waals surface area contributed by atoms with E-state index in [9.17, 15) is 4.79 Å². The Morgan fingerprint density at radius 3 is 2.48 bits per heavy atom. The molecule has 0 bridgehead atoms. The molecule has 0 spiro atoms. The summed E-state index contributed by atoms with van der Waals surface area (Å²) in [5.41, 5.74) is 3.12. The Hall–Kier alpha value is -3.77. The van der Waals surface area contributed by atoms with E-state index in [0.717, 1.165) is 22.6 Å². The summed E-state index contributed by atoms with van der Waals surface area (Å²) in [4.78, 5) is 15.6. The van der Waals surface area contributed by atoms with E-state index in [1.54, 1.807) is 18.2 Å². The minimum atomic E-state index is -0.943. The third-order valence-electron chi connectivity index (χ3n) is 4.97. The van der Waals surface area contributed by atoms with Gasteiger partial charge in [0.05, 0.1) is 6.42 Å². The molecule has 7 heteroatoms. The number of rotatable bonds is 9. The Labute approximate surface area is 196 Å². The molecule has 0 aliphatic carbocycles. The molecular formula is C26H22ClNO5. The molecule has 3 aromatic carbocycles. The summed E-state index contributed by atoms with van der Waals surface area (Å²) in [5.74, 6) is 1.54. The highest BCUT2D eigenvalue weighted by Gasteiger charge is 2.12. The van der Waals surface area contributed by atoms with Crippen LogP contribution in [0.5, 0.6) is 11.5 Å². The number of ether oxygens (including phenoxy) is 2. The molecule has 0 fully saturated rings. The zero-order chi connectivity index (χ0) is 23.2. The van der Waals surface area contributed by atoms with Gasteiger partial charge in [0.1, 0.15) is 36.2 Å². The highest BCUT2D eigenvalue weighted by Crippen LogP contribution is 2.26. The van der Waals surface area contributed by atoms with Gasteiger partial charge in [-0.15, -0.1) is 0 Å². The third kappa shape index (κ3) is 5.93. The molecule has 168 valence electrons. The van der Waals surface area contributed by atoms with Crippen LogP contribution in [0.4, 0.5) is 0 Å². The van der Waals surface area contributed by atoms with Crippen molar-refractivity contribution in [3.63, 3.8) is 0 Å². The molecule has 6 nitrogen and oxygen atoms in total. The highest BCUT2D eigenvalue weighted by atomic mass is 35.5. The maximum absolute atomic E-state index is 11.1. The van der Waals surface area contributed by atoms with E-state index in [0.29, 0.717) is 34.6 Å². The predicted molar refractivity (Wildman–Crippen MR) is 125 cm³/mol. The van der Waals surface area contributed by atoms with Crippen LogP contribution < -0.4 is 9.47 Å². The fourth-order valence-electron chi connectivity index (χ4n) is 3.25. The molecule has 1 heterocycles. The number of hydrogen-bond acceptors (Lipinski definition) is 5. The number of aromatic nitrogens is 1. The number of hydrogen-bond donors (Lipinski definition) is 1. The normalized spacial score (nSPS) is 10.7. The Balaban J connectivity index is 1.35. The van der Waals surface area contributed by atoms with Gasteiger partial charge in [0.15, 0.2) is 0 Å². The average molecular weight is 464 g/mol. The fraction of sp³-hybridized carbons (Fsp3) is 0.154. The summed E-state index contributed by atoms with van der Waals surface area (Å²) in [5, 5.41) is 9.56. The second-order valence-corrected chi connectivity index (χ2v) is 7.87. The topological polar surface area (TPSA) is 81.8 Å². The zero-order valence-electron chi connectivity index (χ0n) is 18.0. The lowest BCUT2D eigenvalue weighted by Gasteiger charge is -2.11. The van der Waals surface area contributed by atoms with E-state index in [1.165, 1.54) is 0 Å². The van der Waals surface area contributed by atoms with Crippen LogP contribution in [-0.4, -0.2) is 16.1 Å². The van der Waals surface area contributed by atoms with Gasteiger partial charge < -0.3 is 19.0 Å². The number of oxazole rings is 1. The summed E-state index contributed by atoms with van der Waals surface area (Å²) in [6.45, 7) is 2.45. The van der Waals surface area contributed by atoms with Crippen molar-refractivity contribution in [2.45, 2.75) is 26.6 Å². The number of carboxylic acids is 1. The number of aliphatic carboxylic acids is 1. The zero-order valence-corrected chi connectivity index (χ0v) is 18.7. The van der Waals surface area contributed by atoms with Crippen LogP contribution in [-0.2, 0) is 24.4 Å². The van der Waals surface area contributed by atoms with E-state index in [4.69, 9.17) is 30.6 Å². The number of carbonyl (C=O) groups is 1. The summed E-state index contributed by atoms with van der Waals surface area (Å²) in [7, 11) is 0. The second kappa shape index (κ2) is 10.2. The first kappa shape index (κ1) is 22.4. The first-order valence-electron chi connectivity index (χ1n) is 10.3. The van der Waals surface area contributed by atoms with Crippen LogP contribution in [0.1, 0.15) is 22.6 Å². The molecule has 0 saturated carbocycles. The van der Waals surface area contributed by atoms with Crippen LogP contribution in [0.3, 0.4) is 0 Å². The van der Waals surface area contributed by atoms with Gasteiger partial charge in [-0.2, -0.15) is 0 Å². The molecule has 1 aromatic heterocycles. The third-order valence-corrected chi connectivity index (χ3v) is 5.21. The molecule has 4 rings (SSSR count). The minimum Gasteiger partial charge on any atom is -0.489 e. The van der Waals surface area contributed by atoms with Crippen LogP contribution in [0, 0.1) is 6.92 Å². The second-order valence-electron chi connectivity index (χ2n) is 7.43. The number of carboxylic acid groups (broad SMARTS) is 1. The quantitative estimate of drug-likeness (QED) is 0.323. The molecule has 0 amide bonds. The minimum absolute atomic E-state index is 0.157. The van der Waals surface area contributed by atoms with Gasteiger partial charge in [0.25, 0.3) is 0 Å². The summed E-state index contributed by atoms with van der Waals surface area (Å²) >= 11 is 5.98. The van der Waals surface area contributed by atoms with Crippen molar-refractivity contribution in [3.8, 4) is 23.0 Å². The SMILES string of the molecule is Cc1oc(-c2ccccc2)nc1COc1ccc(COc2ccc(Cl)cc2CC(=O)O)cc1. The van der Waals surface area contributed by atoms with E-state index in [1.807, 2.05) is 61.5 Å². The van der Waals surface area contributed by atoms with E-state index < -0.39 is 5.97 Å². The fourth-order valence-corrected chi connectivity index (χ4v) is 3.45. The Morgan fingerprint density at radius 1 is 1.00 bits per heavy atom. The summed E-state index contributed by atoms with van der Waals surface area (Å²) < 4.78 is 17.5. The molecule has 1 N–H and O–H groups in total. The van der Waals surface area contributed by atoms with Gasteiger partial charge in [0.2, 0.25) is 5.89 Å². The lowest BCUT2D eigenvalue weighted by Crippen LogP contribution is -2.04. The van der Waals surface area contributed by atoms with Crippen molar-refractivity contribution in [3.05, 3.63) is 100 Å². The number of nitrogens with zero attached hydrogens (tertiary/aromatic N) is 1. The van der Waals surface area contributed by atoms with Gasteiger partial charge in [-0.25, -0.2) is 4.98 Å². The summed E-state index contributed by atoms with van der Waals surface area (Å²) in [6, 6.07) is 22.2. The van der Waals surface area contributed by atoms with Crippen molar-refractivity contribution in [2.75, 3.05) is 0 Å². The van der Waals surface area contributed by atoms with Gasteiger partial charge in [-0.3, -0.25) is 4.79 Å². The molecule has 0 aliphatic heterocycles. The van der Waals surface area contributed by atoms with Gasteiger partial charge in [-0.1, -0.05) is 41.9 Å². The Morgan fingerprint density at radius 2 is 1.76 bits per heavy atom. The monoisotopic (exact) mass is 463 g/mol. The van der Waals surface area contributed by atoms with E-state index >= 15 is 0 Å². The number of aryl methyl sites for hydroxylation is 1. The first-order chi connectivity index (χ1) is 16.0. The molecule has 0 aliphatic rings. The van der Waals surface area contributed by atoms with Crippen molar-refractivity contribution in [1.29, 1.82) is 0 Å². The van der Waals surface area contributed by atoms with Crippen LogP contribution in [0.25, 0.3) is 11.5 Å². The van der Waals surface area contributed by atoms with Crippen molar-refractivity contribution in [2.24, 2.45) is 0 Å². The molecule has 4 aromatic rings. The average Bonchev–Trinajstić information content (AvgIpc) is 3.18. The van der Waals surface area contributed by atoms with Gasteiger partial charge in [-0.05, 0) is 55.0 Å². The van der Waals surface area contributed by atoms with E-state index in [-0.39, 0.29) is 13.0 Å². The summed E-state index contributed by atoms with van der Waals surface area (Å²) in [6.07, 6.45) is -0.157. The van der Waals surface area contributed by atoms with Gasteiger partial charge in [0, 0.05) is 16.1 Å². The molecule has 0 atom stereocenters. The number of benzene rings is 3. The lowest BCUT2D eigenvalue weighted by molar-refractivity contribution is -0.136. The smallest absolute Gasteiger partial charge is 0.307 e. The predicted octanol–water partition coefficient (Wildman–Crippen LogP) is 6.09. The van der Waals surface area contributed by atoms with E-state index in [2.05, 4.69) is 4.98 Å². The molecule has 33 heavy (non-hydrogen) atoms. The van der Waals surface area contributed by atoms with Crippen LogP contribution in [0.2, 0.25) is 5.02 Å². The van der Waals surface area contributed by atoms with Crippen molar-refractivity contribution < 1.29 is 23.8 Å². The highest BCUT2D eigenvalue weighted by molar-refractivity contribution is 6.30. The first-order valence-corrected chi connectivity index (χ1v) is 10.7. The lowest BCUT2D eigenvalue weighted by atomic mass is 10.1. The number of halogens is 1. The van der Waals surface area contributed by atoms with Crippen molar-refractivity contribution >= 4 is 17.6 Å². The van der Waals surface area contributed by atoms with Crippen LogP contribution in [0.15, 0.2) is 77.2 Å². The Bertz CT molecular complexity index is 1240. The van der Waals surface area contributed by atoms with Crippen molar-refractivity contribution in [1.82, 2.24) is 4.98 Å². The maximum Gasteiger partial charge on any atom is 0.307 e. The molecular weight excluding hydrogens is 442 g/mol. The van der Waals surface area contributed by atoms with Gasteiger partial charge >= 0.3 is 5.97 Å². The maximum atomic E-state index is 11.1. The molecule has 0 radical (unpaired) electrons. The standard InChI is InChI=1S/C26H22ClNO5/c1-17-23(28-26(33-17)19-5-3-2-4-6-19)16-31-22-10-7-18(8-11-22)15-32-24-12-9-21(27)13-20(24)14-25(29)30/h2-13H,14-16H2,1H3,(H,29,30). The molecule has 0 saturated heterocycles. The van der Waals surface area contributed by atoms with Crippen LogP contribution >= 0.6 is 11.6 Å². The largest absolute Gasteiger partial charge is 0.489 e.